The van der Waals surface area contributed by atoms with E-state index in [-0.39, 0.29) is 40.9 Å². The molecule has 4 rings (SSSR count). The zero-order valence-electron chi connectivity index (χ0n) is 19.9. The summed E-state index contributed by atoms with van der Waals surface area (Å²) in [4.78, 5) is 28.0. The summed E-state index contributed by atoms with van der Waals surface area (Å²) in [6, 6.07) is 12.4. The van der Waals surface area contributed by atoms with Gasteiger partial charge in [-0.15, -0.1) is 0 Å². The molecule has 2 radical (unpaired) electrons. The second kappa shape index (κ2) is 10.5. The van der Waals surface area contributed by atoms with Crippen LogP contribution in [0.4, 0.5) is 11.5 Å². The van der Waals surface area contributed by atoms with Gasteiger partial charge >= 0.3 is 0 Å². The van der Waals surface area contributed by atoms with Crippen molar-refractivity contribution in [2.24, 2.45) is 4.99 Å². The predicted octanol–water partition coefficient (Wildman–Crippen LogP) is 1.16. The molecule has 5 N–H and O–H groups in total. The molecule has 1 aromatic heterocycles. The first kappa shape index (κ1) is 24.7. The summed E-state index contributed by atoms with van der Waals surface area (Å²) in [5.74, 6) is 0.448. The Labute approximate surface area is 209 Å². The van der Waals surface area contributed by atoms with Gasteiger partial charge in [-0.3, -0.25) is 25.1 Å². The zero-order valence-corrected chi connectivity index (χ0v) is 19.9. The highest BCUT2D eigenvalue weighted by molar-refractivity contribution is 6.37. The van der Waals surface area contributed by atoms with Crippen molar-refractivity contribution in [3.63, 3.8) is 0 Å². The second-order valence-corrected chi connectivity index (χ2v) is 8.19. The van der Waals surface area contributed by atoms with Crippen molar-refractivity contribution in [2.75, 3.05) is 23.8 Å². The van der Waals surface area contributed by atoms with E-state index in [0.29, 0.717) is 17.1 Å². The summed E-state index contributed by atoms with van der Waals surface area (Å²) in [7, 11) is 7.78. The summed E-state index contributed by atoms with van der Waals surface area (Å²) >= 11 is 0. The van der Waals surface area contributed by atoms with Crippen LogP contribution in [0.15, 0.2) is 59.9 Å². The van der Waals surface area contributed by atoms with Crippen molar-refractivity contribution < 1.29 is 9.90 Å². The number of anilines is 2. The zero-order chi connectivity index (χ0) is 25.8. The average Bonchev–Trinajstić information content (AvgIpc) is 2.87. The Bertz CT molecular complexity index is 1360. The second-order valence-electron chi connectivity index (χ2n) is 8.19. The summed E-state index contributed by atoms with van der Waals surface area (Å²) in [6.07, 6.45) is 2.42. The van der Waals surface area contributed by atoms with Crippen LogP contribution in [0.25, 0.3) is 0 Å². The standard InChI is InChI=1S/C25H25BN8O2/c1-14-6-3-4-9-18(14)34-19(33-17(11-27)22(29-2)25(34)36)12-30-24-20(23(26)31-13-32-24)21(28)15-7-5-8-16(35)10-15/h3-11,13,17,22,27-29,35H,12H2,1-2H3,(H,30,31,32). The van der Waals surface area contributed by atoms with Crippen LogP contribution < -0.4 is 21.1 Å². The Kier molecular flexibility index (Phi) is 7.21. The molecule has 180 valence electrons. The Morgan fingerprint density at radius 2 is 2.00 bits per heavy atom. The summed E-state index contributed by atoms with van der Waals surface area (Å²) < 4.78 is 0. The average molecular weight is 480 g/mol. The van der Waals surface area contributed by atoms with Gasteiger partial charge in [-0.1, -0.05) is 30.3 Å². The van der Waals surface area contributed by atoms with Crippen molar-refractivity contribution in [1.82, 2.24) is 15.3 Å². The Hall–Kier alpha value is -4.38. The molecular weight excluding hydrogens is 455 g/mol. The van der Waals surface area contributed by atoms with Gasteiger partial charge in [0.1, 0.15) is 43.7 Å². The number of aryl methyl sites for hydroxylation is 1. The number of benzene rings is 2. The summed E-state index contributed by atoms with van der Waals surface area (Å²) in [6.45, 7) is 1.97. The van der Waals surface area contributed by atoms with Gasteiger partial charge in [-0.2, -0.15) is 0 Å². The fourth-order valence-corrected chi connectivity index (χ4v) is 4.09. The van der Waals surface area contributed by atoms with Gasteiger partial charge in [0.15, 0.2) is 0 Å². The van der Waals surface area contributed by atoms with E-state index in [1.165, 1.54) is 23.4 Å². The van der Waals surface area contributed by atoms with E-state index in [1.807, 2.05) is 31.2 Å². The number of rotatable bonds is 8. The number of hydrogen-bond acceptors (Lipinski definition) is 9. The molecule has 0 spiro atoms. The van der Waals surface area contributed by atoms with E-state index in [4.69, 9.17) is 18.7 Å². The monoisotopic (exact) mass is 480 g/mol. The van der Waals surface area contributed by atoms with Gasteiger partial charge < -0.3 is 21.1 Å². The van der Waals surface area contributed by atoms with Crippen LogP contribution in [0.1, 0.15) is 16.7 Å². The maximum atomic E-state index is 13.5. The van der Waals surface area contributed by atoms with Gasteiger partial charge in [-0.05, 0) is 37.7 Å². The lowest BCUT2D eigenvalue weighted by atomic mass is 9.92. The van der Waals surface area contributed by atoms with E-state index in [9.17, 15) is 9.90 Å². The topological polar surface area (TPSA) is 150 Å². The predicted molar refractivity (Wildman–Crippen MR) is 141 cm³/mol. The smallest absolute Gasteiger partial charge is 0.252 e. The Morgan fingerprint density at radius 1 is 1.22 bits per heavy atom. The first-order chi connectivity index (χ1) is 17.3. The summed E-state index contributed by atoms with van der Waals surface area (Å²) in [5, 5.41) is 32.4. The minimum Gasteiger partial charge on any atom is -0.508 e. The third kappa shape index (κ3) is 4.73. The number of phenols is 1. The third-order valence-electron chi connectivity index (χ3n) is 5.90. The quantitative estimate of drug-likeness (QED) is 0.241. The van der Waals surface area contributed by atoms with E-state index < -0.39 is 12.1 Å². The van der Waals surface area contributed by atoms with Crippen molar-refractivity contribution >= 4 is 48.6 Å². The molecular formula is C25H25BN8O2. The van der Waals surface area contributed by atoms with Crippen LogP contribution in [0.3, 0.4) is 0 Å². The fourth-order valence-electron chi connectivity index (χ4n) is 4.09. The largest absolute Gasteiger partial charge is 0.508 e. The Balaban J connectivity index is 1.71. The number of nitrogens with zero attached hydrogens (tertiary/aromatic N) is 4. The molecule has 0 saturated heterocycles. The molecule has 2 heterocycles. The van der Waals surface area contributed by atoms with Crippen molar-refractivity contribution in [3.8, 4) is 5.75 Å². The SMILES string of the molecule is [B]c1ncnc(NCC2=NC(C=N)C(NC)C(=O)N2c2ccccc2C)c1C(=N)c1cccc(O)c1. The van der Waals surface area contributed by atoms with Crippen LogP contribution in [0.2, 0.25) is 0 Å². The molecule has 0 fully saturated rings. The van der Waals surface area contributed by atoms with Crippen molar-refractivity contribution in [2.45, 2.75) is 19.0 Å². The van der Waals surface area contributed by atoms with Crippen LogP contribution in [0, 0.1) is 17.7 Å². The number of phenolic OH excluding ortho intramolecular Hbond substituents is 1. The number of likely N-dealkylation sites (N-methyl/N-ethyl adjacent to an activating group) is 1. The molecule has 3 aromatic rings. The highest BCUT2D eigenvalue weighted by Crippen LogP contribution is 2.25. The molecule has 10 nitrogen and oxygen atoms in total. The van der Waals surface area contributed by atoms with E-state index in [2.05, 4.69) is 25.6 Å². The lowest BCUT2D eigenvalue weighted by Gasteiger charge is -2.36. The van der Waals surface area contributed by atoms with Crippen LogP contribution in [-0.2, 0) is 4.79 Å². The number of hydrogen-bond donors (Lipinski definition) is 5. The van der Waals surface area contributed by atoms with Gasteiger partial charge in [0.25, 0.3) is 5.91 Å². The molecule has 1 aliphatic rings. The summed E-state index contributed by atoms with van der Waals surface area (Å²) in [5.41, 5.74) is 2.38. The molecule has 11 heteroatoms. The van der Waals surface area contributed by atoms with Crippen LogP contribution in [0.5, 0.6) is 5.75 Å². The maximum Gasteiger partial charge on any atom is 0.252 e. The number of aromatic hydroxyl groups is 1. The first-order valence-corrected chi connectivity index (χ1v) is 11.2. The number of aromatic nitrogens is 2. The molecule has 2 aromatic carbocycles. The highest BCUT2D eigenvalue weighted by atomic mass is 16.3. The molecule has 2 atom stereocenters. The van der Waals surface area contributed by atoms with Gasteiger partial charge in [0.2, 0.25) is 0 Å². The lowest BCUT2D eigenvalue weighted by molar-refractivity contribution is -0.119. The van der Waals surface area contributed by atoms with E-state index >= 15 is 0 Å². The molecule has 1 aliphatic heterocycles. The molecule has 36 heavy (non-hydrogen) atoms. The van der Waals surface area contributed by atoms with Crippen LogP contribution >= 0.6 is 0 Å². The molecule has 1 amide bonds. The minimum absolute atomic E-state index is 0.0166. The molecule has 2 unspecified atom stereocenters. The van der Waals surface area contributed by atoms with Crippen LogP contribution in [-0.4, -0.2) is 72.3 Å². The number of carbonyl (C=O) groups is 1. The van der Waals surface area contributed by atoms with Crippen molar-refractivity contribution in [1.29, 1.82) is 10.8 Å². The van der Waals surface area contributed by atoms with Gasteiger partial charge in [0, 0.05) is 17.4 Å². The fraction of sp³-hybridized carbons (Fsp3) is 0.200. The van der Waals surface area contributed by atoms with E-state index in [0.717, 1.165) is 11.8 Å². The number of para-hydroxylation sites is 1. The highest BCUT2D eigenvalue weighted by Gasteiger charge is 2.38. The maximum absolute atomic E-state index is 13.5. The normalized spacial score (nSPS) is 17.4. The number of amidine groups is 1. The van der Waals surface area contributed by atoms with E-state index in [1.54, 1.807) is 19.2 Å². The lowest BCUT2D eigenvalue weighted by Crippen LogP contribution is -2.59. The van der Waals surface area contributed by atoms with Gasteiger partial charge in [-0.25, -0.2) is 4.98 Å². The molecule has 0 aliphatic carbocycles. The number of amides is 1. The third-order valence-corrected chi connectivity index (χ3v) is 5.90. The number of aliphatic imine (C=N–C) groups is 1. The molecule has 0 bridgehead atoms. The van der Waals surface area contributed by atoms with Gasteiger partial charge in [0.05, 0.1) is 23.5 Å². The van der Waals surface area contributed by atoms with Crippen molar-refractivity contribution in [3.05, 3.63) is 71.5 Å². The number of nitrogens with one attached hydrogen (secondary N) is 4. The Morgan fingerprint density at radius 3 is 2.69 bits per heavy atom. The molecule has 0 saturated carbocycles. The first-order valence-electron chi connectivity index (χ1n) is 11.2. The minimum atomic E-state index is -0.685. The number of carbonyl (C=O) groups excluding carboxylic acids is 1.